The van der Waals surface area contributed by atoms with Gasteiger partial charge in [-0.3, -0.25) is 4.52 Å². The Hall–Kier alpha value is -0.620. The molecule has 0 aromatic carbocycles. The van der Waals surface area contributed by atoms with E-state index in [1.54, 1.807) is 0 Å². The minimum atomic E-state index is -4.35. The van der Waals surface area contributed by atoms with Crippen LogP contribution in [0, 0.1) is 0 Å². The van der Waals surface area contributed by atoms with Crippen molar-refractivity contribution < 1.29 is 28.8 Å². The molecule has 1 amide bonds. The van der Waals surface area contributed by atoms with Gasteiger partial charge in [-0.05, 0) is 19.3 Å². The predicted octanol–water partition coefficient (Wildman–Crippen LogP) is 0.534. The summed E-state index contributed by atoms with van der Waals surface area (Å²) in [5, 5.41) is 10.4. The van der Waals surface area contributed by atoms with Gasteiger partial charge >= 0.3 is 13.9 Å². The summed E-state index contributed by atoms with van der Waals surface area (Å²) in [7, 11) is -4.35. The lowest BCUT2D eigenvalue weighted by atomic mass is 10.2. The van der Waals surface area contributed by atoms with E-state index in [0.29, 0.717) is 25.8 Å². The molecular weight excluding hydrogens is 213 g/mol. The molecule has 84 valence electrons. The number of phosphoric acid groups is 1. The normalized spacial score (nSPS) is 11.3. The summed E-state index contributed by atoms with van der Waals surface area (Å²) in [5.41, 5.74) is 0. The highest BCUT2D eigenvalue weighted by molar-refractivity contribution is 7.46. The molecule has 0 fully saturated rings. The smallest absolute Gasteiger partial charge is 0.465 e. The third-order valence-electron chi connectivity index (χ3n) is 1.36. The number of hydrogen-bond acceptors (Lipinski definition) is 3. The second kappa shape index (κ2) is 6.78. The summed E-state index contributed by atoms with van der Waals surface area (Å²) in [6, 6.07) is 0. The SMILES string of the molecule is O=C(O)NCCCCCOP(=O)(O)O. The third-order valence-corrected chi connectivity index (χ3v) is 1.88. The number of unbranched alkanes of at least 4 members (excludes halogenated alkanes) is 2. The standard InChI is InChI=1S/C6H14NO6P/c8-6(9)7-4-2-1-3-5-13-14(10,11)12/h7H,1-5H2,(H,8,9)(H2,10,11,12). The molecule has 0 unspecified atom stereocenters. The van der Waals surface area contributed by atoms with Crippen LogP contribution in [0.4, 0.5) is 4.79 Å². The molecule has 0 aliphatic carbocycles. The highest BCUT2D eigenvalue weighted by atomic mass is 31.2. The van der Waals surface area contributed by atoms with Gasteiger partial charge in [0.2, 0.25) is 0 Å². The molecule has 8 heteroatoms. The van der Waals surface area contributed by atoms with Crippen LogP contribution < -0.4 is 5.32 Å². The molecule has 0 bridgehead atoms. The van der Waals surface area contributed by atoms with Crippen molar-refractivity contribution in [2.45, 2.75) is 19.3 Å². The molecule has 0 rings (SSSR count). The number of carboxylic acid groups (broad SMARTS) is 1. The van der Waals surface area contributed by atoms with Gasteiger partial charge in [-0.15, -0.1) is 0 Å². The maximum Gasteiger partial charge on any atom is 0.469 e. The van der Waals surface area contributed by atoms with Gasteiger partial charge in [0.15, 0.2) is 0 Å². The number of carbonyl (C=O) groups is 1. The minimum Gasteiger partial charge on any atom is -0.465 e. The summed E-state index contributed by atoms with van der Waals surface area (Å²) in [6.45, 7) is 0.322. The third kappa shape index (κ3) is 11.4. The zero-order valence-corrected chi connectivity index (χ0v) is 8.44. The van der Waals surface area contributed by atoms with Crippen LogP contribution >= 0.6 is 7.82 Å². The summed E-state index contributed by atoms with van der Waals surface area (Å²) in [4.78, 5) is 26.6. The monoisotopic (exact) mass is 227 g/mol. The second-order valence-corrected chi connectivity index (χ2v) is 3.86. The Kier molecular flexibility index (Phi) is 6.48. The van der Waals surface area contributed by atoms with Crippen LogP contribution in [0.25, 0.3) is 0 Å². The quantitative estimate of drug-likeness (QED) is 0.372. The van der Waals surface area contributed by atoms with Crippen molar-refractivity contribution in [1.29, 1.82) is 0 Å². The first-order valence-corrected chi connectivity index (χ1v) is 5.62. The van der Waals surface area contributed by atoms with E-state index in [9.17, 15) is 9.36 Å². The van der Waals surface area contributed by atoms with Crippen LogP contribution in [-0.4, -0.2) is 34.1 Å². The number of nitrogens with one attached hydrogen (secondary N) is 1. The molecule has 0 aliphatic rings. The summed E-state index contributed by atoms with van der Waals surface area (Å²) >= 11 is 0. The molecule has 0 heterocycles. The predicted molar refractivity (Wildman–Crippen MR) is 47.9 cm³/mol. The van der Waals surface area contributed by atoms with Gasteiger partial charge in [-0.2, -0.15) is 0 Å². The molecule has 14 heavy (non-hydrogen) atoms. The van der Waals surface area contributed by atoms with Gasteiger partial charge < -0.3 is 20.2 Å². The molecule has 0 radical (unpaired) electrons. The fourth-order valence-corrected chi connectivity index (χ4v) is 1.15. The largest absolute Gasteiger partial charge is 0.469 e. The van der Waals surface area contributed by atoms with Crippen LogP contribution in [0.3, 0.4) is 0 Å². The minimum absolute atomic E-state index is 0.0165. The van der Waals surface area contributed by atoms with Crippen LogP contribution in [0.2, 0.25) is 0 Å². The Balaban J connectivity index is 3.15. The fourth-order valence-electron chi connectivity index (χ4n) is 0.783. The lowest BCUT2D eigenvalue weighted by Crippen LogP contribution is -2.21. The molecule has 0 aromatic heterocycles. The van der Waals surface area contributed by atoms with Gasteiger partial charge in [0, 0.05) is 6.54 Å². The Bertz CT molecular complexity index is 214. The molecule has 0 saturated carbocycles. The number of amides is 1. The van der Waals surface area contributed by atoms with E-state index < -0.39 is 13.9 Å². The lowest BCUT2D eigenvalue weighted by Gasteiger charge is -2.04. The maximum atomic E-state index is 10.2. The summed E-state index contributed by atoms with van der Waals surface area (Å²) in [5.74, 6) is 0. The Morgan fingerprint density at radius 3 is 2.43 bits per heavy atom. The van der Waals surface area contributed by atoms with Crippen LogP contribution in [0.5, 0.6) is 0 Å². The van der Waals surface area contributed by atoms with Gasteiger partial charge in [-0.1, -0.05) is 0 Å². The number of hydrogen-bond donors (Lipinski definition) is 4. The van der Waals surface area contributed by atoms with E-state index in [4.69, 9.17) is 14.9 Å². The average Bonchev–Trinajstić information content (AvgIpc) is 2.00. The van der Waals surface area contributed by atoms with Gasteiger partial charge in [0.05, 0.1) is 6.61 Å². The molecule has 0 spiro atoms. The van der Waals surface area contributed by atoms with Crippen LogP contribution in [0.15, 0.2) is 0 Å². The molecule has 0 atom stereocenters. The molecule has 0 aromatic rings. The van der Waals surface area contributed by atoms with E-state index in [2.05, 4.69) is 9.84 Å². The topological polar surface area (TPSA) is 116 Å². The zero-order valence-electron chi connectivity index (χ0n) is 7.55. The molecule has 7 nitrogen and oxygen atoms in total. The molecular formula is C6H14NO6P. The van der Waals surface area contributed by atoms with Crippen LogP contribution in [0.1, 0.15) is 19.3 Å². The molecule has 4 N–H and O–H groups in total. The van der Waals surface area contributed by atoms with Crippen molar-refractivity contribution in [2.75, 3.05) is 13.2 Å². The lowest BCUT2D eigenvalue weighted by molar-refractivity contribution is 0.192. The Labute approximate surface area is 81.3 Å². The number of rotatable bonds is 7. The van der Waals surface area contributed by atoms with E-state index in [0.717, 1.165) is 0 Å². The van der Waals surface area contributed by atoms with Crippen molar-refractivity contribution >= 4 is 13.9 Å². The summed E-state index contributed by atoms with van der Waals surface area (Å²) in [6.07, 6.45) is 0.695. The first-order chi connectivity index (χ1) is 6.42. The van der Waals surface area contributed by atoms with E-state index >= 15 is 0 Å². The zero-order chi connectivity index (χ0) is 11.0. The van der Waals surface area contributed by atoms with Crippen molar-refractivity contribution in [1.82, 2.24) is 5.32 Å². The summed E-state index contributed by atoms with van der Waals surface area (Å²) < 4.78 is 14.4. The molecule has 0 aliphatic heterocycles. The van der Waals surface area contributed by atoms with Crippen molar-refractivity contribution in [3.05, 3.63) is 0 Å². The van der Waals surface area contributed by atoms with E-state index in [1.807, 2.05) is 0 Å². The first kappa shape index (κ1) is 13.4. The van der Waals surface area contributed by atoms with Crippen molar-refractivity contribution in [2.24, 2.45) is 0 Å². The Morgan fingerprint density at radius 2 is 1.93 bits per heavy atom. The van der Waals surface area contributed by atoms with Gasteiger partial charge in [-0.25, -0.2) is 9.36 Å². The van der Waals surface area contributed by atoms with E-state index in [1.165, 1.54) is 0 Å². The van der Waals surface area contributed by atoms with Crippen molar-refractivity contribution in [3.8, 4) is 0 Å². The van der Waals surface area contributed by atoms with Crippen molar-refractivity contribution in [3.63, 3.8) is 0 Å². The highest BCUT2D eigenvalue weighted by Gasteiger charge is 2.12. The number of phosphoric ester groups is 1. The van der Waals surface area contributed by atoms with E-state index in [-0.39, 0.29) is 6.61 Å². The van der Waals surface area contributed by atoms with Gasteiger partial charge in [0.25, 0.3) is 0 Å². The fraction of sp³-hybridized carbons (Fsp3) is 0.833. The second-order valence-electron chi connectivity index (χ2n) is 2.62. The molecule has 0 saturated heterocycles. The highest BCUT2D eigenvalue weighted by Crippen LogP contribution is 2.35. The Morgan fingerprint density at radius 1 is 1.29 bits per heavy atom. The maximum absolute atomic E-state index is 10.2. The van der Waals surface area contributed by atoms with Crippen LogP contribution in [-0.2, 0) is 9.09 Å². The first-order valence-electron chi connectivity index (χ1n) is 4.09. The average molecular weight is 227 g/mol. The van der Waals surface area contributed by atoms with Gasteiger partial charge in [0.1, 0.15) is 0 Å².